The first-order valence-corrected chi connectivity index (χ1v) is 11.2. The molecule has 0 unspecified atom stereocenters. The highest BCUT2D eigenvalue weighted by molar-refractivity contribution is 7.17. The topological polar surface area (TPSA) is 98.5 Å². The number of amides is 1. The summed E-state index contributed by atoms with van der Waals surface area (Å²) in [6.07, 6.45) is 2.62. The number of nitro groups is 1. The van der Waals surface area contributed by atoms with Gasteiger partial charge in [-0.1, -0.05) is 20.8 Å². The number of benzene rings is 1. The first-order valence-electron chi connectivity index (χ1n) is 10.4. The summed E-state index contributed by atoms with van der Waals surface area (Å²) in [6, 6.07) is 4.23. The fourth-order valence-corrected chi connectivity index (χ4v) is 5.32. The quantitative estimate of drug-likeness (QED) is 0.371. The van der Waals surface area contributed by atoms with Crippen LogP contribution in [0.25, 0.3) is 0 Å². The number of fused-ring (bicyclic) bond motifs is 1. The van der Waals surface area contributed by atoms with Crippen molar-refractivity contribution in [3.63, 3.8) is 0 Å². The van der Waals surface area contributed by atoms with Crippen molar-refractivity contribution in [2.45, 2.75) is 53.9 Å². The molecule has 1 aromatic carbocycles. The molecule has 0 saturated heterocycles. The maximum atomic E-state index is 12.9. The summed E-state index contributed by atoms with van der Waals surface area (Å²) in [4.78, 5) is 37.3. The van der Waals surface area contributed by atoms with Gasteiger partial charge in [-0.15, -0.1) is 11.3 Å². The van der Waals surface area contributed by atoms with Gasteiger partial charge in [0.25, 0.3) is 11.6 Å². The Balaban J connectivity index is 1.94. The second kappa shape index (κ2) is 8.78. The lowest BCUT2D eigenvalue weighted by atomic mass is 9.72. The number of ether oxygens (including phenoxy) is 1. The van der Waals surface area contributed by atoms with Crippen molar-refractivity contribution < 1.29 is 19.2 Å². The maximum Gasteiger partial charge on any atom is 0.341 e. The van der Waals surface area contributed by atoms with Crippen LogP contribution in [0.2, 0.25) is 0 Å². The van der Waals surface area contributed by atoms with Gasteiger partial charge in [0, 0.05) is 22.1 Å². The van der Waals surface area contributed by atoms with E-state index in [1.807, 2.05) is 0 Å². The van der Waals surface area contributed by atoms with E-state index in [0.29, 0.717) is 27.6 Å². The third-order valence-corrected chi connectivity index (χ3v) is 7.02. The fourth-order valence-electron chi connectivity index (χ4n) is 4.01. The molecule has 2 aromatic rings. The average molecular weight is 445 g/mol. The first-order chi connectivity index (χ1) is 14.5. The SMILES string of the molecule is CCOC(=O)c1c(NC(=O)c2ccc([N+](=O)[O-])c(C)c2)sc2c1CC[C@H](C(C)(C)C)C2. The molecule has 3 rings (SSSR count). The minimum Gasteiger partial charge on any atom is -0.462 e. The molecule has 0 fully saturated rings. The number of hydrogen-bond donors (Lipinski definition) is 1. The molecule has 0 saturated carbocycles. The van der Waals surface area contributed by atoms with Crippen LogP contribution in [-0.4, -0.2) is 23.4 Å². The summed E-state index contributed by atoms with van der Waals surface area (Å²) in [6.45, 7) is 10.3. The Morgan fingerprint density at radius 1 is 1.32 bits per heavy atom. The highest BCUT2D eigenvalue weighted by Gasteiger charge is 2.34. The molecule has 1 N–H and O–H groups in total. The van der Waals surface area contributed by atoms with Gasteiger partial charge in [-0.2, -0.15) is 0 Å². The van der Waals surface area contributed by atoms with E-state index in [1.165, 1.54) is 29.5 Å². The van der Waals surface area contributed by atoms with Crippen LogP contribution in [0.3, 0.4) is 0 Å². The number of thiophene rings is 1. The van der Waals surface area contributed by atoms with Crippen LogP contribution in [0.15, 0.2) is 18.2 Å². The molecule has 1 aliphatic rings. The van der Waals surface area contributed by atoms with E-state index in [0.717, 1.165) is 29.7 Å². The number of rotatable bonds is 5. The van der Waals surface area contributed by atoms with Crippen LogP contribution in [0.4, 0.5) is 10.7 Å². The van der Waals surface area contributed by atoms with E-state index >= 15 is 0 Å². The Bertz CT molecular complexity index is 1040. The molecule has 1 aromatic heterocycles. The van der Waals surface area contributed by atoms with Crippen LogP contribution < -0.4 is 5.32 Å². The van der Waals surface area contributed by atoms with Crippen molar-refractivity contribution in [2.75, 3.05) is 11.9 Å². The lowest BCUT2D eigenvalue weighted by Crippen LogP contribution is -2.26. The van der Waals surface area contributed by atoms with E-state index in [9.17, 15) is 19.7 Å². The number of nitro benzene ring substituents is 1. The van der Waals surface area contributed by atoms with Gasteiger partial charge in [0.1, 0.15) is 5.00 Å². The summed E-state index contributed by atoms with van der Waals surface area (Å²) in [5.41, 5.74) is 2.24. The van der Waals surface area contributed by atoms with Crippen LogP contribution in [0, 0.1) is 28.4 Å². The number of nitrogens with one attached hydrogen (secondary N) is 1. The summed E-state index contributed by atoms with van der Waals surface area (Å²) >= 11 is 1.43. The van der Waals surface area contributed by atoms with Gasteiger partial charge in [-0.3, -0.25) is 14.9 Å². The molecule has 0 bridgehead atoms. The molecule has 1 heterocycles. The van der Waals surface area contributed by atoms with Crippen molar-refractivity contribution >= 4 is 33.9 Å². The van der Waals surface area contributed by atoms with E-state index in [-0.39, 0.29) is 17.7 Å². The standard InChI is InChI=1S/C23H28N2O5S/c1-6-30-22(27)19-16-9-8-15(23(3,4)5)12-18(16)31-21(19)24-20(26)14-7-10-17(25(28)29)13(2)11-14/h7,10-11,15H,6,8-9,12H2,1-5H3,(H,24,26)/t15-/m0/s1. The van der Waals surface area contributed by atoms with Crippen molar-refractivity contribution in [3.05, 3.63) is 55.4 Å². The monoisotopic (exact) mass is 444 g/mol. The van der Waals surface area contributed by atoms with Gasteiger partial charge in [0.05, 0.1) is 17.1 Å². The molecule has 0 aliphatic heterocycles. The van der Waals surface area contributed by atoms with Crippen molar-refractivity contribution in [3.8, 4) is 0 Å². The number of esters is 1. The summed E-state index contributed by atoms with van der Waals surface area (Å²) < 4.78 is 5.28. The highest BCUT2D eigenvalue weighted by Crippen LogP contribution is 2.44. The summed E-state index contributed by atoms with van der Waals surface area (Å²) in [5.74, 6) is -0.339. The molecule has 0 radical (unpaired) electrons. The van der Waals surface area contributed by atoms with Gasteiger partial charge in [-0.25, -0.2) is 4.79 Å². The molecule has 8 heteroatoms. The number of hydrogen-bond acceptors (Lipinski definition) is 6. The van der Waals surface area contributed by atoms with E-state index in [4.69, 9.17) is 4.74 Å². The average Bonchev–Trinajstić information content (AvgIpc) is 3.04. The molecule has 1 amide bonds. The number of carbonyl (C=O) groups is 2. The highest BCUT2D eigenvalue weighted by atomic mass is 32.1. The zero-order valence-electron chi connectivity index (χ0n) is 18.5. The zero-order valence-corrected chi connectivity index (χ0v) is 19.4. The van der Waals surface area contributed by atoms with E-state index < -0.39 is 16.8 Å². The van der Waals surface area contributed by atoms with Gasteiger partial charge in [-0.05, 0) is 62.1 Å². The molecule has 166 valence electrons. The lowest BCUT2D eigenvalue weighted by Gasteiger charge is -2.33. The van der Waals surface area contributed by atoms with Crippen LogP contribution in [0.5, 0.6) is 0 Å². The summed E-state index contributed by atoms with van der Waals surface area (Å²) in [5, 5.41) is 14.4. The minimum atomic E-state index is -0.477. The largest absolute Gasteiger partial charge is 0.462 e. The number of aryl methyl sites for hydroxylation is 1. The Labute approximate surface area is 186 Å². The molecule has 1 aliphatic carbocycles. The Hall–Kier alpha value is -2.74. The normalized spacial score (nSPS) is 15.8. The second-order valence-electron chi connectivity index (χ2n) is 8.95. The third kappa shape index (κ3) is 4.79. The second-order valence-corrected chi connectivity index (χ2v) is 10.1. The molecular formula is C23H28N2O5S. The van der Waals surface area contributed by atoms with Crippen LogP contribution in [0.1, 0.15) is 70.8 Å². The molecule has 1 atom stereocenters. The van der Waals surface area contributed by atoms with Gasteiger partial charge in [0.2, 0.25) is 0 Å². The number of anilines is 1. The van der Waals surface area contributed by atoms with Crippen LogP contribution >= 0.6 is 11.3 Å². The van der Waals surface area contributed by atoms with Gasteiger partial charge >= 0.3 is 5.97 Å². The van der Waals surface area contributed by atoms with Gasteiger partial charge in [0.15, 0.2) is 0 Å². The minimum absolute atomic E-state index is 0.0384. The third-order valence-electron chi connectivity index (χ3n) is 5.85. The number of nitrogens with zero attached hydrogens (tertiary/aromatic N) is 1. The molecule has 31 heavy (non-hydrogen) atoms. The van der Waals surface area contributed by atoms with E-state index in [2.05, 4.69) is 26.1 Å². The Morgan fingerprint density at radius 2 is 2.03 bits per heavy atom. The Morgan fingerprint density at radius 3 is 2.61 bits per heavy atom. The smallest absolute Gasteiger partial charge is 0.341 e. The first kappa shape index (κ1) is 22.9. The van der Waals surface area contributed by atoms with Gasteiger partial charge < -0.3 is 10.1 Å². The predicted octanol–water partition coefficient (Wildman–Crippen LogP) is 5.54. The fraction of sp³-hybridized carbons (Fsp3) is 0.478. The Kier molecular flexibility index (Phi) is 6.50. The zero-order chi connectivity index (χ0) is 22.9. The number of carbonyl (C=O) groups excluding carboxylic acids is 2. The summed E-state index contributed by atoms with van der Waals surface area (Å²) in [7, 11) is 0. The van der Waals surface area contributed by atoms with Crippen molar-refractivity contribution in [1.29, 1.82) is 0 Å². The molecular weight excluding hydrogens is 416 g/mol. The predicted molar refractivity (Wildman–Crippen MR) is 121 cm³/mol. The van der Waals surface area contributed by atoms with Crippen LogP contribution in [-0.2, 0) is 17.6 Å². The lowest BCUT2D eigenvalue weighted by molar-refractivity contribution is -0.385. The van der Waals surface area contributed by atoms with E-state index in [1.54, 1.807) is 13.8 Å². The molecule has 0 spiro atoms. The molecule has 7 nitrogen and oxygen atoms in total. The van der Waals surface area contributed by atoms with Crippen molar-refractivity contribution in [1.82, 2.24) is 0 Å². The van der Waals surface area contributed by atoms with Crippen molar-refractivity contribution in [2.24, 2.45) is 11.3 Å². The maximum absolute atomic E-state index is 12.9.